The Morgan fingerprint density at radius 2 is 2.08 bits per heavy atom. The molecule has 74 valence electrons. The van der Waals surface area contributed by atoms with Gasteiger partial charge < -0.3 is 5.11 Å². The van der Waals surface area contributed by atoms with E-state index in [1.807, 2.05) is 12.2 Å². The molecule has 0 bridgehead atoms. The molecule has 0 saturated heterocycles. The van der Waals surface area contributed by atoms with Crippen LogP contribution in [0.1, 0.15) is 39.5 Å². The molecule has 0 amide bonds. The fourth-order valence-electron chi connectivity index (χ4n) is 1.65. The van der Waals surface area contributed by atoms with E-state index in [4.69, 9.17) is 0 Å². The highest BCUT2D eigenvalue weighted by Crippen LogP contribution is 2.36. The Balaban J connectivity index is 2.58. The maximum absolute atomic E-state index is 10.1. The van der Waals surface area contributed by atoms with Crippen LogP contribution in [0.25, 0.3) is 0 Å². The van der Waals surface area contributed by atoms with E-state index in [0.717, 1.165) is 25.7 Å². The first kappa shape index (κ1) is 10.5. The van der Waals surface area contributed by atoms with Crippen molar-refractivity contribution in [2.45, 2.75) is 45.1 Å². The quantitative estimate of drug-likeness (QED) is 0.662. The van der Waals surface area contributed by atoms with Gasteiger partial charge in [0.1, 0.15) is 0 Å². The first-order valence-corrected chi connectivity index (χ1v) is 5.01. The van der Waals surface area contributed by atoms with E-state index in [2.05, 4.69) is 26.5 Å². The molecule has 1 rings (SSSR count). The van der Waals surface area contributed by atoms with Crippen molar-refractivity contribution in [3.8, 4) is 0 Å². The maximum atomic E-state index is 10.1. The fourth-order valence-corrected chi connectivity index (χ4v) is 1.65. The van der Waals surface area contributed by atoms with E-state index in [-0.39, 0.29) is 5.41 Å². The predicted molar refractivity (Wildman–Crippen MR) is 56.5 cm³/mol. The van der Waals surface area contributed by atoms with Crippen LogP contribution in [0.3, 0.4) is 0 Å². The lowest BCUT2D eigenvalue weighted by atomic mass is 9.75. The smallest absolute Gasteiger partial charge is 0.0831 e. The van der Waals surface area contributed by atoms with Gasteiger partial charge in [-0.05, 0) is 31.1 Å². The SMILES string of the molecule is C=CCCC1(O)C=CC(C)(C)CC1. The van der Waals surface area contributed by atoms with Crippen LogP contribution in [-0.4, -0.2) is 10.7 Å². The van der Waals surface area contributed by atoms with Gasteiger partial charge in [0, 0.05) is 0 Å². The van der Waals surface area contributed by atoms with Gasteiger partial charge in [-0.3, -0.25) is 0 Å². The average molecular weight is 180 g/mol. The summed E-state index contributed by atoms with van der Waals surface area (Å²) in [6.07, 6.45) is 9.62. The normalized spacial score (nSPS) is 31.6. The van der Waals surface area contributed by atoms with Gasteiger partial charge in [-0.15, -0.1) is 6.58 Å². The molecule has 1 heteroatoms. The largest absolute Gasteiger partial charge is 0.386 e. The first-order chi connectivity index (χ1) is 5.97. The van der Waals surface area contributed by atoms with E-state index < -0.39 is 5.60 Å². The predicted octanol–water partition coefficient (Wildman–Crippen LogP) is 3.06. The Kier molecular flexibility index (Phi) is 2.97. The summed E-state index contributed by atoms with van der Waals surface area (Å²) in [5, 5.41) is 10.1. The zero-order valence-corrected chi connectivity index (χ0v) is 8.71. The van der Waals surface area contributed by atoms with Crippen molar-refractivity contribution in [3.05, 3.63) is 24.8 Å². The second-order valence-electron chi connectivity index (χ2n) is 4.75. The monoisotopic (exact) mass is 180 g/mol. The van der Waals surface area contributed by atoms with Crippen LogP contribution in [-0.2, 0) is 0 Å². The molecule has 0 saturated carbocycles. The van der Waals surface area contributed by atoms with Gasteiger partial charge >= 0.3 is 0 Å². The number of aliphatic hydroxyl groups is 1. The van der Waals surface area contributed by atoms with Crippen molar-refractivity contribution in [2.24, 2.45) is 5.41 Å². The van der Waals surface area contributed by atoms with Gasteiger partial charge in [0.2, 0.25) is 0 Å². The lowest BCUT2D eigenvalue weighted by Crippen LogP contribution is -2.32. The second-order valence-corrected chi connectivity index (χ2v) is 4.75. The van der Waals surface area contributed by atoms with E-state index in [1.165, 1.54) is 0 Å². The van der Waals surface area contributed by atoms with Crippen LogP contribution in [0.2, 0.25) is 0 Å². The molecule has 0 fully saturated rings. The summed E-state index contributed by atoms with van der Waals surface area (Å²) in [5.74, 6) is 0. The van der Waals surface area contributed by atoms with Crippen molar-refractivity contribution in [1.82, 2.24) is 0 Å². The van der Waals surface area contributed by atoms with Crippen LogP contribution < -0.4 is 0 Å². The maximum Gasteiger partial charge on any atom is 0.0831 e. The summed E-state index contributed by atoms with van der Waals surface area (Å²) in [6, 6.07) is 0. The van der Waals surface area contributed by atoms with Crippen LogP contribution in [0.4, 0.5) is 0 Å². The summed E-state index contributed by atoms with van der Waals surface area (Å²) in [7, 11) is 0. The molecule has 1 N–H and O–H groups in total. The molecule has 1 aliphatic carbocycles. The molecule has 1 atom stereocenters. The van der Waals surface area contributed by atoms with Crippen molar-refractivity contribution < 1.29 is 5.11 Å². The third-order valence-corrected chi connectivity index (χ3v) is 2.83. The molecule has 0 aliphatic heterocycles. The minimum atomic E-state index is -0.566. The number of hydrogen-bond donors (Lipinski definition) is 1. The van der Waals surface area contributed by atoms with Gasteiger partial charge in [-0.25, -0.2) is 0 Å². The van der Waals surface area contributed by atoms with Gasteiger partial charge in [0.05, 0.1) is 5.60 Å². The molecule has 0 aromatic rings. The highest BCUT2D eigenvalue weighted by molar-refractivity contribution is 5.11. The van der Waals surface area contributed by atoms with Crippen molar-refractivity contribution >= 4 is 0 Å². The molecule has 0 spiro atoms. The molecule has 1 unspecified atom stereocenters. The molecule has 0 aromatic heterocycles. The number of rotatable bonds is 3. The standard InChI is InChI=1S/C12H20O/c1-4-5-6-12(13)9-7-11(2,3)8-10-12/h4,7,9,13H,1,5-6,8,10H2,2-3H3. The summed E-state index contributed by atoms with van der Waals surface area (Å²) < 4.78 is 0. The average Bonchev–Trinajstić information content (AvgIpc) is 2.08. The van der Waals surface area contributed by atoms with Gasteiger partial charge in [0.25, 0.3) is 0 Å². The lowest BCUT2D eigenvalue weighted by molar-refractivity contribution is 0.0532. The topological polar surface area (TPSA) is 20.2 Å². The Morgan fingerprint density at radius 1 is 1.38 bits per heavy atom. The van der Waals surface area contributed by atoms with E-state index >= 15 is 0 Å². The summed E-state index contributed by atoms with van der Waals surface area (Å²) >= 11 is 0. The van der Waals surface area contributed by atoms with Crippen LogP contribution in [0, 0.1) is 5.41 Å². The minimum absolute atomic E-state index is 0.264. The summed E-state index contributed by atoms with van der Waals surface area (Å²) in [6.45, 7) is 8.08. The van der Waals surface area contributed by atoms with Crippen molar-refractivity contribution in [3.63, 3.8) is 0 Å². The molecular weight excluding hydrogens is 160 g/mol. The highest BCUT2D eigenvalue weighted by atomic mass is 16.3. The highest BCUT2D eigenvalue weighted by Gasteiger charge is 2.30. The molecule has 1 aliphatic rings. The molecule has 0 heterocycles. The minimum Gasteiger partial charge on any atom is -0.386 e. The first-order valence-electron chi connectivity index (χ1n) is 5.01. The summed E-state index contributed by atoms with van der Waals surface area (Å²) in [4.78, 5) is 0. The molecular formula is C12H20O. The summed E-state index contributed by atoms with van der Waals surface area (Å²) in [5.41, 5.74) is -0.301. The molecule has 0 radical (unpaired) electrons. The van der Waals surface area contributed by atoms with Gasteiger partial charge in [-0.2, -0.15) is 0 Å². The fraction of sp³-hybridized carbons (Fsp3) is 0.667. The second kappa shape index (κ2) is 3.67. The Morgan fingerprint density at radius 3 is 2.54 bits per heavy atom. The zero-order valence-electron chi connectivity index (χ0n) is 8.71. The number of hydrogen-bond acceptors (Lipinski definition) is 1. The zero-order chi connectivity index (χ0) is 9.95. The van der Waals surface area contributed by atoms with E-state index in [0.29, 0.717) is 0 Å². The molecule has 0 aromatic carbocycles. The van der Waals surface area contributed by atoms with Gasteiger partial charge in [-0.1, -0.05) is 32.1 Å². The Labute approximate surface area is 81.2 Å². The third kappa shape index (κ3) is 3.00. The molecule has 1 nitrogen and oxygen atoms in total. The van der Waals surface area contributed by atoms with Crippen LogP contribution in [0.5, 0.6) is 0 Å². The van der Waals surface area contributed by atoms with Crippen LogP contribution in [0.15, 0.2) is 24.8 Å². The third-order valence-electron chi connectivity index (χ3n) is 2.83. The Hall–Kier alpha value is -0.560. The molecule has 13 heavy (non-hydrogen) atoms. The van der Waals surface area contributed by atoms with Crippen LogP contribution >= 0.6 is 0 Å². The lowest BCUT2D eigenvalue weighted by Gasteiger charge is -2.34. The van der Waals surface area contributed by atoms with E-state index in [9.17, 15) is 5.11 Å². The van der Waals surface area contributed by atoms with Gasteiger partial charge in [0.15, 0.2) is 0 Å². The number of allylic oxidation sites excluding steroid dienone is 2. The van der Waals surface area contributed by atoms with E-state index in [1.54, 1.807) is 0 Å². The van der Waals surface area contributed by atoms with Crippen molar-refractivity contribution in [1.29, 1.82) is 0 Å². The Bertz CT molecular complexity index is 215. The van der Waals surface area contributed by atoms with Crippen molar-refractivity contribution in [2.75, 3.05) is 0 Å².